The van der Waals surface area contributed by atoms with Crippen LogP contribution >= 0.6 is 48.3 Å². The highest BCUT2D eigenvalue weighted by Gasteiger charge is 2.38. The van der Waals surface area contributed by atoms with E-state index in [0.29, 0.717) is 4.08 Å². The van der Waals surface area contributed by atoms with Gasteiger partial charge in [-0.2, -0.15) is 0 Å². The second-order valence-electron chi connectivity index (χ2n) is 6.32. The summed E-state index contributed by atoms with van der Waals surface area (Å²) < 4.78 is 0.413. The molecule has 0 bridgehead atoms. The van der Waals surface area contributed by atoms with Gasteiger partial charge in [0.15, 0.2) is 0 Å². The van der Waals surface area contributed by atoms with E-state index < -0.39 is 0 Å². The lowest BCUT2D eigenvalue weighted by Gasteiger charge is -2.43. The summed E-state index contributed by atoms with van der Waals surface area (Å²) in [6, 6.07) is 15.1. The molecule has 2 aliphatic heterocycles. The lowest BCUT2D eigenvalue weighted by Crippen LogP contribution is -2.42. The van der Waals surface area contributed by atoms with Crippen molar-refractivity contribution >= 4 is 48.3 Å². The number of fused-ring (bicyclic) bond motifs is 1. The highest BCUT2D eigenvalue weighted by atomic mass is 35.5. The van der Waals surface area contributed by atoms with Crippen molar-refractivity contribution in [2.24, 2.45) is 0 Å². The first-order valence-corrected chi connectivity index (χ1v) is 10.2. The Bertz CT molecular complexity index is 661. The second kappa shape index (κ2) is 9.52. The van der Waals surface area contributed by atoms with Crippen LogP contribution in [0.2, 0.25) is 0 Å². The van der Waals surface area contributed by atoms with Crippen molar-refractivity contribution in [2.75, 3.05) is 19.6 Å². The predicted octanol–water partition coefficient (Wildman–Crippen LogP) is 5.30. The van der Waals surface area contributed by atoms with E-state index in [1.54, 1.807) is 0 Å². The van der Waals surface area contributed by atoms with Crippen molar-refractivity contribution in [2.45, 2.75) is 34.0 Å². The molecular formula is C19H24Cl2N2S2. The van der Waals surface area contributed by atoms with Gasteiger partial charge in [0.25, 0.3) is 0 Å². The third-order valence-electron chi connectivity index (χ3n) is 4.79. The lowest BCUT2D eigenvalue weighted by atomic mass is 10.1. The van der Waals surface area contributed by atoms with Crippen LogP contribution in [-0.4, -0.2) is 33.6 Å². The average molecular weight is 415 g/mol. The molecule has 1 aromatic heterocycles. The third-order valence-corrected chi connectivity index (χ3v) is 8.18. The molecule has 2 aromatic rings. The van der Waals surface area contributed by atoms with Crippen LogP contribution in [0.1, 0.15) is 24.1 Å². The minimum absolute atomic E-state index is 0. The number of piperidine rings is 1. The van der Waals surface area contributed by atoms with Crippen LogP contribution in [-0.2, 0) is 12.2 Å². The maximum Gasteiger partial charge on any atom is 0.0685 e. The molecule has 1 aromatic carbocycles. The van der Waals surface area contributed by atoms with E-state index in [9.17, 15) is 0 Å². The lowest BCUT2D eigenvalue weighted by molar-refractivity contribution is 0.227. The zero-order valence-electron chi connectivity index (χ0n) is 14.1. The van der Waals surface area contributed by atoms with E-state index in [1.165, 1.54) is 47.8 Å². The predicted molar refractivity (Wildman–Crippen MR) is 114 cm³/mol. The summed E-state index contributed by atoms with van der Waals surface area (Å²) in [6.45, 7) is 3.57. The van der Waals surface area contributed by atoms with Gasteiger partial charge < -0.3 is 4.90 Å². The molecule has 6 heteroatoms. The molecular weight excluding hydrogens is 391 g/mol. The average Bonchev–Trinajstić information content (AvgIpc) is 2.62. The van der Waals surface area contributed by atoms with Crippen LogP contribution in [0.25, 0.3) is 0 Å². The molecule has 136 valence electrons. The van der Waals surface area contributed by atoms with Crippen molar-refractivity contribution < 1.29 is 0 Å². The summed E-state index contributed by atoms with van der Waals surface area (Å²) >= 11 is 4.29. The van der Waals surface area contributed by atoms with Gasteiger partial charge in [0.2, 0.25) is 0 Å². The summed E-state index contributed by atoms with van der Waals surface area (Å²) in [5.41, 5.74) is 2.73. The van der Waals surface area contributed by atoms with Gasteiger partial charge in [0, 0.05) is 48.6 Å². The highest BCUT2D eigenvalue weighted by Crippen LogP contribution is 2.54. The molecule has 2 aliphatic rings. The number of rotatable bonds is 3. The van der Waals surface area contributed by atoms with Gasteiger partial charge in [0.1, 0.15) is 0 Å². The van der Waals surface area contributed by atoms with Crippen molar-refractivity contribution in [1.29, 1.82) is 0 Å². The number of thioether (sulfide) groups is 2. The zero-order chi connectivity index (χ0) is 15.5. The molecule has 0 atom stereocenters. The fraction of sp³-hybridized carbons (Fsp3) is 0.421. The SMILES string of the molecule is Cl.Cl.c1ccc(CCN2CCC3(CC2)SCc2ccccc2S3)nc1. The molecule has 0 saturated carbocycles. The summed E-state index contributed by atoms with van der Waals surface area (Å²) in [5.74, 6) is 1.18. The number of hydrogen-bond acceptors (Lipinski definition) is 4. The molecule has 1 saturated heterocycles. The molecule has 0 radical (unpaired) electrons. The Kier molecular flexibility index (Phi) is 7.96. The molecule has 25 heavy (non-hydrogen) atoms. The van der Waals surface area contributed by atoms with Crippen molar-refractivity contribution in [1.82, 2.24) is 9.88 Å². The first-order chi connectivity index (χ1) is 11.3. The van der Waals surface area contributed by atoms with Gasteiger partial charge in [-0.3, -0.25) is 4.98 Å². The van der Waals surface area contributed by atoms with Crippen molar-refractivity contribution in [3.8, 4) is 0 Å². The molecule has 0 N–H and O–H groups in total. The van der Waals surface area contributed by atoms with Gasteiger partial charge in [-0.25, -0.2) is 0 Å². The zero-order valence-corrected chi connectivity index (χ0v) is 17.4. The number of benzene rings is 1. The summed E-state index contributed by atoms with van der Waals surface area (Å²) in [7, 11) is 0. The van der Waals surface area contributed by atoms with Gasteiger partial charge in [-0.05, 0) is 36.6 Å². The van der Waals surface area contributed by atoms with E-state index in [2.05, 4.69) is 69.8 Å². The molecule has 0 aliphatic carbocycles. The minimum atomic E-state index is 0. The molecule has 1 spiro atoms. The van der Waals surface area contributed by atoms with Crippen molar-refractivity contribution in [3.63, 3.8) is 0 Å². The van der Waals surface area contributed by atoms with Crippen LogP contribution in [0.5, 0.6) is 0 Å². The Morgan fingerprint density at radius 1 is 1.00 bits per heavy atom. The van der Waals surface area contributed by atoms with Crippen molar-refractivity contribution in [3.05, 3.63) is 59.9 Å². The number of likely N-dealkylation sites (tertiary alicyclic amines) is 1. The quantitative estimate of drug-likeness (QED) is 0.676. The van der Waals surface area contributed by atoms with E-state index in [4.69, 9.17) is 0 Å². The van der Waals surface area contributed by atoms with Gasteiger partial charge in [-0.15, -0.1) is 48.3 Å². The Morgan fingerprint density at radius 3 is 2.52 bits per heavy atom. The first kappa shape index (κ1) is 20.9. The van der Waals surface area contributed by atoms with Crippen LogP contribution in [0.3, 0.4) is 0 Å². The molecule has 0 unspecified atom stereocenters. The molecule has 1 fully saturated rings. The normalized spacial score (nSPS) is 18.7. The Morgan fingerprint density at radius 2 is 1.76 bits per heavy atom. The smallest absolute Gasteiger partial charge is 0.0685 e. The Labute approximate surface area is 171 Å². The molecule has 0 amide bonds. The highest BCUT2D eigenvalue weighted by molar-refractivity contribution is 8.18. The third kappa shape index (κ3) is 5.08. The summed E-state index contributed by atoms with van der Waals surface area (Å²) in [5, 5.41) is 0. The first-order valence-electron chi connectivity index (χ1n) is 8.36. The van der Waals surface area contributed by atoms with E-state index in [1.807, 2.05) is 12.3 Å². The van der Waals surface area contributed by atoms with Crippen LogP contribution in [0.15, 0.2) is 53.6 Å². The number of nitrogens with zero attached hydrogens (tertiary/aromatic N) is 2. The van der Waals surface area contributed by atoms with Gasteiger partial charge >= 0.3 is 0 Å². The van der Waals surface area contributed by atoms with E-state index >= 15 is 0 Å². The second-order valence-corrected chi connectivity index (χ2v) is 9.36. The Hall–Kier alpha value is -0.390. The van der Waals surface area contributed by atoms with E-state index in [0.717, 1.165) is 13.0 Å². The summed E-state index contributed by atoms with van der Waals surface area (Å²) in [4.78, 5) is 8.56. The van der Waals surface area contributed by atoms with Gasteiger partial charge in [0.05, 0.1) is 4.08 Å². The molecule has 2 nitrogen and oxygen atoms in total. The minimum Gasteiger partial charge on any atom is -0.303 e. The fourth-order valence-electron chi connectivity index (χ4n) is 3.34. The van der Waals surface area contributed by atoms with Crippen LogP contribution < -0.4 is 0 Å². The number of hydrogen-bond donors (Lipinski definition) is 0. The number of halogens is 2. The van der Waals surface area contributed by atoms with Gasteiger partial charge in [-0.1, -0.05) is 24.3 Å². The maximum absolute atomic E-state index is 4.44. The molecule has 4 rings (SSSR count). The topological polar surface area (TPSA) is 16.1 Å². The maximum atomic E-state index is 4.44. The summed E-state index contributed by atoms with van der Waals surface area (Å²) in [6.07, 6.45) is 5.54. The standard InChI is InChI=1S/C19H22N2S2.2ClH/c1-2-7-18-16(5-1)15-22-19(23-18)9-13-21(14-10-19)12-8-17-6-3-4-11-20-17;;/h1-7,11H,8-10,12-15H2;2*1H. The largest absolute Gasteiger partial charge is 0.303 e. The Balaban J connectivity index is 0.00000113. The van der Waals surface area contributed by atoms with Crippen LogP contribution in [0, 0.1) is 0 Å². The monoisotopic (exact) mass is 414 g/mol. The number of aromatic nitrogens is 1. The van der Waals surface area contributed by atoms with Crippen LogP contribution in [0.4, 0.5) is 0 Å². The molecule has 3 heterocycles. The van der Waals surface area contributed by atoms with E-state index in [-0.39, 0.29) is 24.8 Å². The fourth-order valence-corrected chi connectivity index (χ4v) is 6.46. The number of pyridine rings is 1.